The van der Waals surface area contributed by atoms with Crippen molar-refractivity contribution in [3.63, 3.8) is 0 Å². The molecule has 1 aliphatic carbocycles. The maximum absolute atomic E-state index is 13.8. The van der Waals surface area contributed by atoms with E-state index < -0.39 is 0 Å². The van der Waals surface area contributed by atoms with E-state index in [9.17, 15) is 4.39 Å². The maximum atomic E-state index is 13.8. The van der Waals surface area contributed by atoms with Gasteiger partial charge in [0.05, 0.1) is 10.5 Å². The van der Waals surface area contributed by atoms with Gasteiger partial charge >= 0.3 is 0 Å². The SMILES string of the molecule is Cc1cc(Br)c(F)cc1NC(c1cccs1)C1CCCC1. The third-order valence-corrected chi connectivity index (χ3v) is 5.86. The van der Waals surface area contributed by atoms with Gasteiger partial charge in [0.2, 0.25) is 0 Å². The van der Waals surface area contributed by atoms with Gasteiger partial charge in [-0.3, -0.25) is 0 Å². The standard InChI is InChI=1S/C17H19BrFNS/c1-11-9-13(18)14(19)10-15(11)20-17(12-5-2-3-6-12)16-7-4-8-21-16/h4,7-10,12,17,20H,2-3,5-6H2,1H3. The Labute approximate surface area is 137 Å². The van der Waals surface area contributed by atoms with Crippen LogP contribution in [-0.2, 0) is 0 Å². The Balaban J connectivity index is 1.89. The molecule has 0 aliphatic heterocycles. The van der Waals surface area contributed by atoms with Crippen LogP contribution in [-0.4, -0.2) is 0 Å². The average molecular weight is 368 g/mol. The van der Waals surface area contributed by atoms with E-state index in [2.05, 4.69) is 38.8 Å². The molecule has 3 rings (SSSR count). The summed E-state index contributed by atoms with van der Waals surface area (Å²) >= 11 is 5.04. The molecule has 0 radical (unpaired) electrons. The number of aryl methyl sites for hydroxylation is 1. The summed E-state index contributed by atoms with van der Waals surface area (Å²) in [4.78, 5) is 1.35. The number of rotatable bonds is 4. The monoisotopic (exact) mass is 367 g/mol. The zero-order valence-corrected chi connectivity index (χ0v) is 14.4. The third-order valence-electron chi connectivity index (χ3n) is 4.30. The van der Waals surface area contributed by atoms with E-state index in [1.807, 2.05) is 13.0 Å². The number of thiophene rings is 1. The van der Waals surface area contributed by atoms with E-state index in [0.717, 1.165) is 11.3 Å². The Morgan fingerprint density at radius 2 is 2.10 bits per heavy atom. The first-order valence-corrected chi connectivity index (χ1v) is 9.08. The van der Waals surface area contributed by atoms with E-state index in [0.29, 0.717) is 16.4 Å². The Morgan fingerprint density at radius 1 is 1.33 bits per heavy atom. The molecule has 2 aromatic rings. The molecule has 1 aromatic heterocycles. The highest BCUT2D eigenvalue weighted by molar-refractivity contribution is 9.10. The molecule has 1 aliphatic rings. The van der Waals surface area contributed by atoms with Crippen molar-refractivity contribution in [1.29, 1.82) is 0 Å². The van der Waals surface area contributed by atoms with Crippen molar-refractivity contribution in [3.05, 3.63) is 50.4 Å². The van der Waals surface area contributed by atoms with Crippen molar-refractivity contribution in [1.82, 2.24) is 0 Å². The van der Waals surface area contributed by atoms with Crippen molar-refractivity contribution in [2.24, 2.45) is 5.92 Å². The molecule has 1 heterocycles. The second kappa shape index (κ2) is 6.49. The number of benzene rings is 1. The van der Waals surface area contributed by atoms with Crippen LogP contribution in [0.3, 0.4) is 0 Å². The van der Waals surface area contributed by atoms with E-state index in [1.54, 1.807) is 17.4 Å². The predicted octanol–water partition coefficient (Wildman–Crippen LogP) is 6.30. The highest BCUT2D eigenvalue weighted by atomic mass is 79.9. The molecule has 0 bridgehead atoms. The molecule has 1 nitrogen and oxygen atoms in total. The predicted molar refractivity (Wildman–Crippen MR) is 91.5 cm³/mol. The van der Waals surface area contributed by atoms with Crippen LogP contribution in [0.15, 0.2) is 34.1 Å². The third kappa shape index (κ3) is 3.32. The van der Waals surface area contributed by atoms with Crippen LogP contribution in [0.1, 0.15) is 42.2 Å². The molecular weight excluding hydrogens is 349 g/mol. The molecule has 1 unspecified atom stereocenters. The average Bonchev–Trinajstić information content (AvgIpc) is 3.14. The molecular formula is C17H19BrFNS. The molecule has 1 N–H and O–H groups in total. The molecule has 0 amide bonds. The first kappa shape index (κ1) is 15.0. The Hall–Kier alpha value is -0.870. The molecule has 1 saturated carbocycles. The van der Waals surface area contributed by atoms with Gasteiger partial charge in [-0.05, 0) is 70.8 Å². The lowest BCUT2D eigenvalue weighted by Gasteiger charge is -2.26. The van der Waals surface area contributed by atoms with Gasteiger partial charge in [-0.15, -0.1) is 11.3 Å². The van der Waals surface area contributed by atoms with Gasteiger partial charge in [0, 0.05) is 10.6 Å². The summed E-state index contributed by atoms with van der Waals surface area (Å²) in [6.45, 7) is 2.02. The maximum Gasteiger partial charge on any atom is 0.139 e. The van der Waals surface area contributed by atoms with Gasteiger partial charge in [-0.1, -0.05) is 18.9 Å². The van der Waals surface area contributed by atoms with Gasteiger partial charge in [0.1, 0.15) is 5.82 Å². The number of halogens is 2. The molecule has 112 valence electrons. The van der Waals surface area contributed by atoms with Crippen molar-refractivity contribution in [3.8, 4) is 0 Å². The van der Waals surface area contributed by atoms with Crippen molar-refractivity contribution < 1.29 is 4.39 Å². The fraction of sp³-hybridized carbons (Fsp3) is 0.412. The topological polar surface area (TPSA) is 12.0 Å². The van der Waals surface area contributed by atoms with Crippen molar-refractivity contribution in [2.75, 3.05) is 5.32 Å². The zero-order chi connectivity index (χ0) is 14.8. The molecule has 1 fully saturated rings. The molecule has 0 spiro atoms. The van der Waals surface area contributed by atoms with Gasteiger partial charge < -0.3 is 5.32 Å². The van der Waals surface area contributed by atoms with Crippen molar-refractivity contribution >= 4 is 33.0 Å². The summed E-state index contributed by atoms with van der Waals surface area (Å²) in [6.07, 6.45) is 5.13. The molecule has 0 saturated heterocycles. The van der Waals surface area contributed by atoms with E-state index in [-0.39, 0.29) is 5.82 Å². The highest BCUT2D eigenvalue weighted by Crippen LogP contribution is 2.40. The summed E-state index contributed by atoms with van der Waals surface area (Å²) < 4.78 is 14.4. The van der Waals surface area contributed by atoms with Crippen LogP contribution < -0.4 is 5.32 Å². The zero-order valence-electron chi connectivity index (χ0n) is 12.0. The van der Waals surface area contributed by atoms with Crippen LogP contribution >= 0.6 is 27.3 Å². The quantitative estimate of drug-likeness (QED) is 0.668. The molecule has 1 aromatic carbocycles. The number of nitrogens with one attached hydrogen (secondary N) is 1. The van der Waals surface area contributed by atoms with E-state index in [1.165, 1.54) is 30.6 Å². The minimum absolute atomic E-state index is 0.209. The fourth-order valence-electron chi connectivity index (χ4n) is 3.15. The Kier molecular flexibility index (Phi) is 4.65. The Bertz CT molecular complexity index is 606. The lowest BCUT2D eigenvalue weighted by Crippen LogP contribution is -2.18. The lowest BCUT2D eigenvalue weighted by molar-refractivity contribution is 0.475. The summed E-state index contributed by atoms with van der Waals surface area (Å²) in [7, 11) is 0. The largest absolute Gasteiger partial charge is 0.377 e. The highest BCUT2D eigenvalue weighted by Gasteiger charge is 2.27. The van der Waals surface area contributed by atoms with Gasteiger partial charge in [-0.25, -0.2) is 4.39 Å². The summed E-state index contributed by atoms with van der Waals surface area (Å²) in [6, 6.07) is 8.03. The normalized spacial score (nSPS) is 17.1. The van der Waals surface area contributed by atoms with Crippen LogP contribution in [0.2, 0.25) is 0 Å². The van der Waals surface area contributed by atoms with E-state index in [4.69, 9.17) is 0 Å². The van der Waals surface area contributed by atoms with Crippen LogP contribution in [0.25, 0.3) is 0 Å². The summed E-state index contributed by atoms with van der Waals surface area (Å²) in [5.74, 6) is 0.439. The molecule has 4 heteroatoms. The van der Waals surface area contributed by atoms with Crippen molar-refractivity contribution in [2.45, 2.75) is 38.6 Å². The van der Waals surface area contributed by atoms with Gasteiger partial charge in [-0.2, -0.15) is 0 Å². The Morgan fingerprint density at radius 3 is 2.76 bits per heavy atom. The minimum Gasteiger partial charge on any atom is -0.377 e. The van der Waals surface area contributed by atoms with Crippen LogP contribution in [0.4, 0.5) is 10.1 Å². The second-order valence-electron chi connectivity index (χ2n) is 5.76. The second-order valence-corrected chi connectivity index (χ2v) is 7.60. The van der Waals surface area contributed by atoms with Gasteiger partial charge in [0.15, 0.2) is 0 Å². The first-order chi connectivity index (χ1) is 10.1. The summed E-state index contributed by atoms with van der Waals surface area (Å²) in [5.41, 5.74) is 1.98. The number of anilines is 1. The molecule has 1 atom stereocenters. The number of hydrogen-bond donors (Lipinski definition) is 1. The minimum atomic E-state index is -0.209. The first-order valence-electron chi connectivity index (χ1n) is 7.41. The molecule has 21 heavy (non-hydrogen) atoms. The van der Waals surface area contributed by atoms with Gasteiger partial charge in [0.25, 0.3) is 0 Å². The smallest absolute Gasteiger partial charge is 0.139 e. The lowest BCUT2D eigenvalue weighted by atomic mass is 9.96. The van der Waals surface area contributed by atoms with Crippen LogP contribution in [0.5, 0.6) is 0 Å². The fourth-order valence-corrected chi connectivity index (χ4v) is 4.48. The van der Waals surface area contributed by atoms with Crippen LogP contribution in [0, 0.1) is 18.7 Å². The number of hydrogen-bond acceptors (Lipinski definition) is 2. The summed E-state index contributed by atoms with van der Waals surface area (Å²) in [5, 5.41) is 5.73. The van der Waals surface area contributed by atoms with E-state index >= 15 is 0 Å².